The Kier molecular flexibility index (Phi) is 6.25. The maximum absolute atomic E-state index is 12.4. The van der Waals surface area contributed by atoms with Crippen LogP contribution in [0.3, 0.4) is 0 Å². The Bertz CT molecular complexity index is 1510. The molecule has 0 saturated heterocycles. The zero-order valence-corrected chi connectivity index (χ0v) is 18.6. The summed E-state index contributed by atoms with van der Waals surface area (Å²) < 4.78 is 8.55. The van der Waals surface area contributed by atoms with Gasteiger partial charge in [-0.05, 0) is 6.07 Å². The number of benzene rings is 2. The maximum atomic E-state index is 12.4. The van der Waals surface area contributed by atoms with Crippen molar-refractivity contribution < 1.29 is 9.53 Å². The number of amides is 1. The number of fused-ring (bicyclic) bond motifs is 1. The van der Waals surface area contributed by atoms with Gasteiger partial charge < -0.3 is 10.1 Å². The first-order valence-corrected chi connectivity index (χ1v) is 11.0. The third-order valence-electron chi connectivity index (χ3n) is 5.21. The Morgan fingerprint density at radius 2 is 1.66 bits per heavy atom. The van der Waals surface area contributed by atoms with E-state index in [-0.39, 0.29) is 31.2 Å². The van der Waals surface area contributed by atoms with Crippen molar-refractivity contribution in [3.63, 3.8) is 0 Å². The van der Waals surface area contributed by atoms with Gasteiger partial charge in [0.05, 0.1) is 18.6 Å². The summed E-state index contributed by atoms with van der Waals surface area (Å²) in [6.45, 7) is 0.315. The van der Waals surface area contributed by atoms with E-state index in [4.69, 9.17) is 4.74 Å². The minimum absolute atomic E-state index is 0.133. The Labute approximate surface area is 199 Å². The number of hydrogen-bond acceptors (Lipinski definition) is 7. The number of carbonyl (C=O) groups excluding carboxylic acids is 1. The minimum atomic E-state index is -0.321. The molecule has 35 heavy (non-hydrogen) atoms. The molecule has 0 aliphatic heterocycles. The zero-order valence-electron chi connectivity index (χ0n) is 18.6. The number of aromatic nitrogens is 6. The van der Waals surface area contributed by atoms with Crippen molar-refractivity contribution in [3.8, 4) is 28.5 Å². The molecule has 0 unspecified atom stereocenters. The molecule has 0 saturated carbocycles. The van der Waals surface area contributed by atoms with Crippen molar-refractivity contribution in [2.75, 3.05) is 13.2 Å². The largest absolute Gasteiger partial charge is 0.475 e. The van der Waals surface area contributed by atoms with E-state index in [1.54, 1.807) is 16.6 Å². The molecule has 2 aromatic carbocycles. The summed E-state index contributed by atoms with van der Waals surface area (Å²) in [6.07, 6.45) is 1.38. The molecule has 10 heteroatoms. The van der Waals surface area contributed by atoms with E-state index in [1.807, 2.05) is 60.7 Å². The fraction of sp³-hybridized carbons (Fsp3) is 0.120. The molecule has 10 nitrogen and oxygen atoms in total. The van der Waals surface area contributed by atoms with E-state index in [9.17, 15) is 9.59 Å². The molecule has 0 atom stereocenters. The normalized spacial score (nSPS) is 10.9. The van der Waals surface area contributed by atoms with Gasteiger partial charge in [-0.15, -0.1) is 15.3 Å². The van der Waals surface area contributed by atoms with E-state index < -0.39 is 0 Å². The number of nitrogens with zero attached hydrogens (tertiary/aromatic N) is 6. The fourth-order valence-corrected chi connectivity index (χ4v) is 3.48. The Balaban J connectivity index is 1.15. The molecular weight excluding hydrogens is 446 g/mol. The van der Waals surface area contributed by atoms with Crippen LogP contribution in [0, 0.1) is 0 Å². The van der Waals surface area contributed by atoms with E-state index in [1.165, 1.54) is 17.0 Å². The van der Waals surface area contributed by atoms with Crippen LogP contribution in [0.1, 0.15) is 0 Å². The Morgan fingerprint density at radius 3 is 2.40 bits per heavy atom. The van der Waals surface area contributed by atoms with Crippen molar-refractivity contribution in [2.24, 2.45) is 0 Å². The van der Waals surface area contributed by atoms with Gasteiger partial charge in [0.1, 0.15) is 13.2 Å². The van der Waals surface area contributed by atoms with Crippen LogP contribution in [-0.4, -0.2) is 48.4 Å². The van der Waals surface area contributed by atoms with Gasteiger partial charge in [-0.3, -0.25) is 14.2 Å². The maximum Gasteiger partial charge on any atom is 0.254 e. The summed E-state index contributed by atoms with van der Waals surface area (Å²) in [4.78, 5) is 28.9. The molecule has 0 radical (unpaired) electrons. The molecule has 174 valence electrons. The highest BCUT2D eigenvalue weighted by atomic mass is 16.5. The van der Waals surface area contributed by atoms with Crippen molar-refractivity contribution in [1.29, 1.82) is 0 Å². The van der Waals surface area contributed by atoms with E-state index in [0.29, 0.717) is 23.0 Å². The molecule has 0 aliphatic carbocycles. The molecule has 1 amide bonds. The smallest absolute Gasteiger partial charge is 0.254 e. The SMILES string of the molecule is O=C(Cn1cnc(-c2ccccc2)cc1=O)NCCOc1ccc2nnc(-c3ccccc3)n2n1. The average molecular weight is 467 g/mol. The second kappa shape index (κ2) is 9.96. The van der Waals surface area contributed by atoms with Gasteiger partial charge in [0, 0.05) is 23.3 Å². The predicted molar refractivity (Wildman–Crippen MR) is 129 cm³/mol. The van der Waals surface area contributed by atoms with Crippen LogP contribution in [0.4, 0.5) is 0 Å². The van der Waals surface area contributed by atoms with Crippen LogP contribution in [0.5, 0.6) is 5.88 Å². The number of ether oxygens (including phenoxy) is 1. The lowest BCUT2D eigenvalue weighted by Gasteiger charge is -2.09. The highest BCUT2D eigenvalue weighted by Gasteiger charge is 2.11. The summed E-state index contributed by atoms with van der Waals surface area (Å²) >= 11 is 0. The highest BCUT2D eigenvalue weighted by molar-refractivity contribution is 5.75. The lowest BCUT2D eigenvalue weighted by molar-refractivity contribution is -0.121. The van der Waals surface area contributed by atoms with Gasteiger partial charge in [0.2, 0.25) is 11.8 Å². The summed E-state index contributed by atoms with van der Waals surface area (Å²) in [6, 6.07) is 23.9. The molecule has 5 aromatic rings. The first-order chi connectivity index (χ1) is 17.2. The van der Waals surface area contributed by atoms with Crippen LogP contribution in [0.2, 0.25) is 0 Å². The summed E-state index contributed by atoms with van der Waals surface area (Å²) in [5, 5.41) is 15.5. The zero-order chi connectivity index (χ0) is 24.0. The van der Waals surface area contributed by atoms with Crippen LogP contribution in [-0.2, 0) is 11.3 Å². The number of nitrogens with one attached hydrogen (secondary N) is 1. The fourth-order valence-electron chi connectivity index (χ4n) is 3.48. The second-order valence-electron chi connectivity index (χ2n) is 7.64. The van der Waals surface area contributed by atoms with Crippen LogP contribution < -0.4 is 15.6 Å². The highest BCUT2D eigenvalue weighted by Crippen LogP contribution is 2.18. The van der Waals surface area contributed by atoms with Crippen LogP contribution in [0.25, 0.3) is 28.3 Å². The van der Waals surface area contributed by atoms with Crippen LogP contribution in [0.15, 0.2) is 90.0 Å². The molecule has 3 heterocycles. The third kappa shape index (κ3) is 5.06. The molecule has 3 aromatic heterocycles. The first-order valence-electron chi connectivity index (χ1n) is 11.0. The van der Waals surface area contributed by atoms with Gasteiger partial charge in [-0.1, -0.05) is 60.7 Å². The third-order valence-corrected chi connectivity index (χ3v) is 5.21. The molecule has 0 aliphatic rings. The van der Waals surface area contributed by atoms with Crippen molar-refractivity contribution in [3.05, 3.63) is 95.5 Å². The van der Waals surface area contributed by atoms with E-state index in [0.717, 1.165) is 11.1 Å². The van der Waals surface area contributed by atoms with Gasteiger partial charge in [0.15, 0.2) is 11.5 Å². The lowest BCUT2D eigenvalue weighted by atomic mass is 10.1. The number of carbonyl (C=O) groups is 1. The first kappa shape index (κ1) is 22.0. The molecule has 0 spiro atoms. The van der Waals surface area contributed by atoms with E-state index in [2.05, 4.69) is 25.6 Å². The molecule has 0 fully saturated rings. The van der Waals surface area contributed by atoms with E-state index >= 15 is 0 Å². The number of rotatable bonds is 8. The summed E-state index contributed by atoms with van der Waals surface area (Å²) in [7, 11) is 0. The van der Waals surface area contributed by atoms with Gasteiger partial charge in [0.25, 0.3) is 5.56 Å². The van der Waals surface area contributed by atoms with Gasteiger partial charge in [-0.25, -0.2) is 4.98 Å². The van der Waals surface area contributed by atoms with Crippen molar-refractivity contribution in [2.45, 2.75) is 6.54 Å². The topological polar surface area (TPSA) is 116 Å². The summed E-state index contributed by atoms with van der Waals surface area (Å²) in [5.41, 5.74) is 2.59. The van der Waals surface area contributed by atoms with Crippen molar-refractivity contribution in [1.82, 2.24) is 34.7 Å². The molecular formula is C25H21N7O3. The Morgan fingerprint density at radius 1 is 0.914 bits per heavy atom. The predicted octanol–water partition coefficient (Wildman–Crippen LogP) is 2.21. The monoisotopic (exact) mass is 467 g/mol. The number of hydrogen-bond donors (Lipinski definition) is 1. The average Bonchev–Trinajstić information content (AvgIpc) is 3.32. The molecule has 1 N–H and O–H groups in total. The molecule has 0 bridgehead atoms. The standard InChI is InChI=1S/C25H21N7O3/c33-22(16-31-17-27-20(15-24(31)34)18-7-3-1-4-8-18)26-13-14-35-23-12-11-21-28-29-25(32(21)30-23)19-9-5-2-6-10-19/h1-12,15,17H,13-14,16H2,(H,26,33). The van der Waals surface area contributed by atoms with Gasteiger partial charge >= 0.3 is 0 Å². The lowest BCUT2D eigenvalue weighted by Crippen LogP contribution is -2.34. The summed E-state index contributed by atoms with van der Waals surface area (Å²) in [5.74, 6) is 0.663. The quantitative estimate of drug-likeness (QED) is 0.348. The molecule has 5 rings (SSSR count). The van der Waals surface area contributed by atoms with Gasteiger partial charge in [-0.2, -0.15) is 4.52 Å². The van der Waals surface area contributed by atoms with Crippen molar-refractivity contribution >= 4 is 11.6 Å². The minimum Gasteiger partial charge on any atom is -0.475 e. The Hall–Kier alpha value is -4.86. The second-order valence-corrected chi connectivity index (χ2v) is 7.64. The van der Waals surface area contributed by atoms with Crippen LogP contribution >= 0.6 is 0 Å².